The van der Waals surface area contributed by atoms with Gasteiger partial charge < -0.3 is 4.57 Å². The molecule has 0 N–H and O–H groups in total. The summed E-state index contributed by atoms with van der Waals surface area (Å²) in [6.45, 7) is 4.41. The zero-order valence-electron chi connectivity index (χ0n) is 16.8. The smallest absolute Gasteiger partial charge is 0.0541 e. The maximum Gasteiger partial charge on any atom is 0.0541 e. The van der Waals surface area contributed by atoms with Gasteiger partial charge in [0.25, 0.3) is 0 Å². The largest absolute Gasteiger partial charge is 0.309 e. The molecule has 4 aromatic carbocycles. The summed E-state index contributed by atoms with van der Waals surface area (Å²) in [5.74, 6) is 0. The van der Waals surface area contributed by atoms with Crippen LogP contribution in [-0.4, -0.2) is 4.57 Å². The molecular formula is C28H23N. The molecule has 0 radical (unpaired) electrons. The molecule has 1 heteroatoms. The van der Waals surface area contributed by atoms with Crippen LogP contribution in [0.2, 0.25) is 0 Å². The first-order valence-electron chi connectivity index (χ1n) is 10.1. The second-order valence-electron chi connectivity index (χ2n) is 7.53. The van der Waals surface area contributed by atoms with Crippen molar-refractivity contribution in [2.75, 3.05) is 0 Å². The van der Waals surface area contributed by atoms with Crippen LogP contribution in [0.1, 0.15) is 25.0 Å². The second kappa shape index (κ2) is 7.10. The van der Waals surface area contributed by atoms with Crippen molar-refractivity contribution in [3.8, 4) is 5.69 Å². The van der Waals surface area contributed by atoms with Gasteiger partial charge in [0.2, 0.25) is 0 Å². The van der Waals surface area contributed by atoms with Gasteiger partial charge in [-0.3, -0.25) is 0 Å². The standard InChI is InChI=1S/C28H23N/c1-20(22-10-4-3-5-11-22)21(2)23-16-18-24(19-17-23)29-27-14-8-6-12-25(27)26-13-7-9-15-28(26)29/h3-19H,1-2H3. The van der Waals surface area contributed by atoms with Gasteiger partial charge in [-0.1, -0.05) is 78.9 Å². The summed E-state index contributed by atoms with van der Waals surface area (Å²) in [5.41, 5.74) is 8.84. The summed E-state index contributed by atoms with van der Waals surface area (Å²) < 4.78 is 2.36. The van der Waals surface area contributed by atoms with E-state index < -0.39 is 0 Å². The molecule has 0 saturated heterocycles. The van der Waals surface area contributed by atoms with Crippen molar-refractivity contribution in [2.24, 2.45) is 0 Å². The fourth-order valence-electron chi connectivity index (χ4n) is 4.18. The number of hydrogen-bond acceptors (Lipinski definition) is 0. The molecule has 5 aromatic rings. The Morgan fingerprint density at radius 2 is 0.931 bits per heavy atom. The van der Waals surface area contributed by atoms with Crippen molar-refractivity contribution in [2.45, 2.75) is 13.8 Å². The summed E-state index contributed by atoms with van der Waals surface area (Å²) in [6.07, 6.45) is 0. The molecule has 0 fully saturated rings. The van der Waals surface area contributed by atoms with E-state index in [0.29, 0.717) is 0 Å². The number of rotatable bonds is 3. The Kier molecular flexibility index (Phi) is 4.29. The predicted molar refractivity (Wildman–Crippen MR) is 125 cm³/mol. The van der Waals surface area contributed by atoms with Gasteiger partial charge in [0, 0.05) is 16.5 Å². The molecular weight excluding hydrogens is 350 g/mol. The lowest BCUT2D eigenvalue weighted by atomic mass is 9.97. The van der Waals surface area contributed by atoms with Crippen molar-refractivity contribution in [1.29, 1.82) is 0 Å². The van der Waals surface area contributed by atoms with Crippen molar-refractivity contribution in [3.05, 3.63) is 114 Å². The van der Waals surface area contributed by atoms with Gasteiger partial charge in [-0.15, -0.1) is 0 Å². The average Bonchev–Trinajstić information content (AvgIpc) is 3.13. The van der Waals surface area contributed by atoms with Gasteiger partial charge in [0.05, 0.1) is 11.0 Å². The van der Waals surface area contributed by atoms with E-state index in [1.807, 2.05) is 0 Å². The van der Waals surface area contributed by atoms with Crippen LogP contribution in [0.4, 0.5) is 0 Å². The maximum atomic E-state index is 2.36. The van der Waals surface area contributed by atoms with Gasteiger partial charge in [0.1, 0.15) is 0 Å². The van der Waals surface area contributed by atoms with E-state index in [1.165, 1.54) is 49.8 Å². The Labute approximate surface area is 171 Å². The van der Waals surface area contributed by atoms with Gasteiger partial charge >= 0.3 is 0 Å². The van der Waals surface area contributed by atoms with Crippen LogP contribution in [0.5, 0.6) is 0 Å². The molecule has 140 valence electrons. The van der Waals surface area contributed by atoms with Crippen molar-refractivity contribution < 1.29 is 0 Å². The highest BCUT2D eigenvalue weighted by Crippen LogP contribution is 2.32. The highest BCUT2D eigenvalue weighted by Gasteiger charge is 2.11. The molecule has 0 unspecified atom stereocenters. The molecule has 0 spiro atoms. The third-order valence-electron chi connectivity index (χ3n) is 5.91. The van der Waals surface area contributed by atoms with Crippen LogP contribution in [0.15, 0.2) is 103 Å². The molecule has 0 bridgehead atoms. The molecule has 0 saturated carbocycles. The normalized spacial score (nSPS) is 12.3. The van der Waals surface area contributed by atoms with E-state index in [2.05, 4.69) is 122 Å². The quantitative estimate of drug-likeness (QED) is 0.285. The van der Waals surface area contributed by atoms with E-state index in [0.717, 1.165) is 0 Å². The number of hydrogen-bond donors (Lipinski definition) is 0. The number of para-hydroxylation sites is 2. The first-order chi connectivity index (χ1) is 14.2. The Morgan fingerprint density at radius 1 is 0.483 bits per heavy atom. The van der Waals surface area contributed by atoms with E-state index >= 15 is 0 Å². The predicted octanol–water partition coefficient (Wildman–Crippen LogP) is 7.73. The molecule has 0 aliphatic heterocycles. The number of fused-ring (bicyclic) bond motifs is 3. The highest BCUT2D eigenvalue weighted by molar-refractivity contribution is 6.09. The van der Waals surface area contributed by atoms with Gasteiger partial charge in [-0.05, 0) is 60.4 Å². The van der Waals surface area contributed by atoms with Crippen molar-refractivity contribution in [1.82, 2.24) is 4.57 Å². The molecule has 1 aromatic heterocycles. The lowest BCUT2D eigenvalue weighted by Gasteiger charge is -2.12. The lowest BCUT2D eigenvalue weighted by molar-refractivity contribution is 1.18. The minimum absolute atomic E-state index is 1.19. The highest BCUT2D eigenvalue weighted by atomic mass is 15.0. The van der Waals surface area contributed by atoms with Crippen LogP contribution in [-0.2, 0) is 0 Å². The van der Waals surface area contributed by atoms with Crippen LogP contribution in [0.25, 0.3) is 38.6 Å². The zero-order valence-corrected chi connectivity index (χ0v) is 16.8. The van der Waals surface area contributed by atoms with Crippen LogP contribution in [0.3, 0.4) is 0 Å². The Bertz CT molecular complexity index is 1280. The summed E-state index contributed by atoms with van der Waals surface area (Å²) in [4.78, 5) is 0. The maximum absolute atomic E-state index is 2.36. The Morgan fingerprint density at radius 3 is 1.48 bits per heavy atom. The zero-order chi connectivity index (χ0) is 19.8. The minimum Gasteiger partial charge on any atom is -0.309 e. The number of aromatic nitrogens is 1. The number of benzene rings is 4. The third-order valence-corrected chi connectivity index (χ3v) is 5.91. The first kappa shape index (κ1) is 17.5. The fraction of sp³-hybridized carbons (Fsp3) is 0.0714. The van der Waals surface area contributed by atoms with Crippen LogP contribution >= 0.6 is 0 Å². The summed E-state index contributed by atoms with van der Waals surface area (Å²) in [7, 11) is 0. The molecule has 29 heavy (non-hydrogen) atoms. The molecule has 0 aliphatic rings. The van der Waals surface area contributed by atoms with Gasteiger partial charge in [0.15, 0.2) is 0 Å². The minimum atomic E-state index is 1.19. The van der Waals surface area contributed by atoms with Crippen molar-refractivity contribution >= 4 is 33.0 Å². The van der Waals surface area contributed by atoms with E-state index in [4.69, 9.17) is 0 Å². The van der Waals surface area contributed by atoms with Gasteiger partial charge in [-0.2, -0.15) is 0 Å². The third kappa shape index (κ3) is 2.96. The average molecular weight is 373 g/mol. The molecule has 0 amide bonds. The van der Waals surface area contributed by atoms with Gasteiger partial charge in [-0.25, -0.2) is 0 Å². The van der Waals surface area contributed by atoms with E-state index in [-0.39, 0.29) is 0 Å². The molecule has 1 nitrogen and oxygen atoms in total. The molecule has 5 rings (SSSR count). The monoisotopic (exact) mass is 373 g/mol. The summed E-state index contributed by atoms with van der Waals surface area (Å²) >= 11 is 0. The first-order valence-corrected chi connectivity index (χ1v) is 10.1. The topological polar surface area (TPSA) is 4.93 Å². The Balaban J connectivity index is 1.63. The van der Waals surface area contributed by atoms with Crippen LogP contribution < -0.4 is 0 Å². The van der Waals surface area contributed by atoms with Crippen molar-refractivity contribution in [3.63, 3.8) is 0 Å². The molecule has 0 atom stereocenters. The second-order valence-corrected chi connectivity index (χ2v) is 7.53. The SMILES string of the molecule is CC(=C(C)c1ccc(-n2c3ccccc3c3ccccc32)cc1)c1ccccc1. The van der Waals surface area contributed by atoms with E-state index in [9.17, 15) is 0 Å². The Hall–Kier alpha value is -3.58. The fourth-order valence-corrected chi connectivity index (χ4v) is 4.18. The number of nitrogens with zero attached hydrogens (tertiary/aromatic N) is 1. The molecule has 0 aliphatic carbocycles. The summed E-state index contributed by atoms with van der Waals surface area (Å²) in [6, 6.07) is 36.8. The van der Waals surface area contributed by atoms with Crippen LogP contribution in [0, 0.1) is 0 Å². The number of allylic oxidation sites excluding steroid dienone is 2. The molecule has 1 heterocycles. The van der Waals surface area contributed by atoms with E-state index in [1.54, 1.807) is 0 Å². The lowest BCUT2D eigenvalue weighted by Crippen LogP contribution is -1.94. The summed E-state index contributed by atoms with van der Waals surface area (Å²) in [5, 5.41) is 2.59.